The molecule has 0 bridgehead atoms. The first kappa shape index (κ1) is 8.17. The molecule has 1 saturated heterocycles. The van der Waals surface area contributed by atoms with E-state index in [9.17, 15) is 0 Å². The molecular formula is C4H11ClN2O. The zero-order valence-corrected chi connectivity index (χ0v) is 5.41. The summed E-state index contributed by atoms with van der Waals surface area (Å²) in [5.41, 5.74) is 0. The topological polar surface area (TPSA) is 47.3 Å². The van der Waals surface area contributed by atoms with Gasteiger partial charge in [0.05, 0.1) is 6.10 Å². The van der Waals surface area contributed by atoms with Crippen molar-refractivity contribution in [3.63, 3.8) is 0 Å². The predicted octanol–water partition coefficient (Wildman–Crippen LogP) is -0.340. The Balaban J connectivity index is 0.000000490. The van der Waals surface area contributed by atoms with Gasteiger partial charge in [0.25, 0.3) is 0 Å². The van der Waals surface area contributed by atoms with Crippen LogP contribution in [0.2, 0.25) is 0 Å². The van der Waals surface area contributed by atoms with Crippen molar-refractivity contribution >= 4 is 12.4 Å². The fraction of sp³-hybridized carbons (Fsp3) is 1.00. The van der Waals surface area contributed by atoms with Crippen LogP contribution in [0.25, 0.3) is 0 Å². The van der Waals surface area contributed by atoms with E-state index in [1.54, 1.807) is 0 Å². The third kappa shape index (κ3) is 1.96. The summed E-state index contributed by atoms with van der Waals surface area (Å²) in [6.45, 7) is 1.96. The largest absolute Gasteiger partial charge is 0.314 e. The highest BCUT2D eigenvalue weighted by atomic mass is 35.5. The molecule has 8 heavy (non-hydrogen) atoms. The van der Waals surface area contributed by atoms with Crippen LogP contribution in [0.5, 0.6) is 0 Å². The minimum Gasteiger partial charge on any atom is -0.314 e. The van der Waals surface area contributed by atoms with E-state index >= 15 is 0 Å². The van der Waals surface area contributed by atoms with Crippen LogP contribution in [0.1, 0.15) is 6.42 Å². The summed E-state index contributed by atoms with van der Waals surface area (Å²) >= 11 is 0. The van der Waals surface area contributed by atoms with Gasteiger partial charge in [0.1, 0.15) is 0 Å². The molecule has 1 atom stereocenters. The fourth-order valence-corrected chi connectivity index (χ4v) is 0.744. The second kappa shape index (κ2) is 4.09. The van der Waals surface area contributed by atoms with Gasteiger partial charge in [-0.1, -0.05) is 0 Å². The highest BCUT2D eigenvalue weighted by molar-refractivity contribution is 5.85. The molecule has 1 heterocycles. The molecule has 1 rings (SSSR count). The predicted molar refractivity (Wildman–Crippen MR) is 33.8 cm³/mol. The fourth-order valence-electron chi connectivity index (χ4n) is 0.744. The maximum Gasteiger partial charge on any atom is 0.0923 e. The molecule has 0 radical (unpaired) electrons. The van der Waals surface area contributed by atoms with Gasteiger partial charge in [0.2, 0.25) is 0 Å². The van der Waals surface area contributed by atoms with Crippen molar-refractivity contribution in [2.45, 2.75) is 12.5 Å². The number of nitrogens with one attached hydrogen (secondary N) is 1. The number of hydrogen-bond donors (Lipinski definition) is 2. The van der Waals surface area contributed by atoms with Gasteiger partial charge < -0.3 is 5.32 Å². The van der Waals surface area contributed by atoms with Crippen LogP contribution in [0.4, 0.5) is 0 Å². The molecule has 1 aliphatic heterocycles. The highest BCUT2D eigenvalue weighted by Gasteiger charge is 2.12. The Hall–Kier alpha value is 0.170. The van der Waals surface area contributed by atoms with Crippen LogP contribution < -0.4 is 11.2 Å². The molecule has 3 nitrogen and oxygen atoms in total. The first-order valence-corrected chi connectivity index (χ1v) is 2.50. The van der Waals surface area contributed by atoms with E-state index in [0.717, 1.165) is 19.5 Å². The van der Waals surface area contributed by atoms with Gasteiger partial charge in [-0.25, -0.2) is 5.90 Å². The van der Waals surface area contributed by atoms with Gasteiger partial charge in [0.15, 0.2) is 0 Å². The Morgan fingerprint density at radius 2 is 2.38 bits per heavy atom. The van der Waals surface area contributed by atoms with Crippen molar-refractivity contribution in [3.05, 3.63) is 0 Å². The van der Waals surface area contributed by atoms with E-state index in [4.69, 9.17) is 5.90 Å². The normalized spacial score (nSPS) is 27.4. The van der Waals surface area contributed by atoms with Crippen LogP contribution in [0, 0.1) is 0 Å². The molecule has 0 spiro atoms. The van der Waals surface area contributed by atoms with Crippen LogP contribution in [-0.2, 0) is 4.84 Å². The number of hydrogen-bond acceptors (Lipinski definition) is 3. The number of nitrogens with two attached hydrogens (primary N) is 1. The van der Waals surface area contributed by atoms with Gasteiger partial charge in [-0.2, -0.15) is 0 Å². The summed E-state index contributed by atoms with van der Waals surface area (Å²) in [7, 11) is 0. The summed E-state index contributed by atoms with van der Waals surface area (Å²) in [6, 6.07) is 0. The van der Waals surface area contributed by atoms with Crippen molar-refractivity contribution in [1.82, 2.24) is 5.32 Å². The molecule has 0 aliphatic carbocycles. The lowest BCUT2D eigenvalue weighted by atomic mass is 10.3. The first-order chi connectivity index (χ1) is 3.43. The summed E-state index contributed by atoms with van der Waals surface area (Å²) in [4.78, 5) is 4.55. The van der Waals surface area contributed by atoms with E-state index in [1.807, 2.05) is 0 Å². The molecule has 0 aromatic rings. The molecule has 3 N–H and O–H groups in total. The second-order valence-electron chi connectivity index (χ2n) is 1.75. The van der Waals surface area contributed by atoms with E-state index in [0.29, 0.717) is 0 Å². The molecule has 4 heteroatoms. The molecule has 1 aliphatic rings. The Kier molecular flexibility index (Phi) is 4.18. The van der Waals surface area contributed by atoms with Crippen LogP contribution in [0.15, 0.2) is 0 Å². The summed E-state index contributed by atoms with van der Waals surface area (Å²) in [5.74, 6) is 4.89. The average Bonchev–Trinajstić information content (AvgIpc) is 2.14. The summed E-state index contributed by atoms with van der Waals surface area (Å²) in [6.07, 6.45) is 1.32. The van der Waals surface area contributed by atoms with E-state index in [-0.39, 0.29) is 18.5 Å². The zero-order chi connectivity index (χ0) is 5.11. The van der Waals surface area contributed by atoms with E-state index in [2.05, 4.69) is 10.2 Å². The average molecular weight is 139 g/mol. The SMILES string of the molecule is Cl.NO[C@@H]1CCNC1. The first-order valence-electron chi connectivity index (χ1n) is 2.50. The third-order valence-corrected chi connectivity index (χ3v) is 1.21. The minimum absolute atomic E-state index is 0. The van der Waals surface area contributed by atoms with Crippen molar-refractivity contribution in [1.29, 1.82) is 0 Å². The smallest absolute Gasteiger partial charge is 0.0923 e. The van der Waals surface area contributed by atoms with Crippen molar-refractivity contribution in [2.24, 2.45) is 5.90 Å². The lowest BCUT2D eigenvalue weighted by molar-refractivity contribution is 0.0678. The maximum atomic E-state index is 4.89. The Morgan fingerprint density at radius 3 is 2.62 bits per heavy atom. The monoisotopic (exact) mass is 138 g/mol. The number of rotatable bonds is 1. The summed E-state index contributed by atoms with van der Waals surface area (Å²) in [5, 5.41) is 3.12. The van der Waals surface area contributed by atoms with E-state index in [1.165, 1.54) is 0 Å². The Labute approximate surface area is 54.9 Å². The quantitative estimate of drug-likeness (QED) is 0.488. The third-order valence-electron chi connectivity index (χ3n) is 1.21. The van der Waals surface area contributed by atoms with Crippen molar-refractivity contribution in [3.8, 4) is 0 Å². The van der Waals surface area contributed by atoms with Gasteiger partial charge in [-0.15, -0.1) is 12.4 Å². The molecule has 0 unspecified atom stereocenters. The molecule has 0 saturated carbocycles. The molecule has 1 fully saturated rings. The maximum absolute atomic E-state index is 4.89. The minimum atomic E-state index is 0. The van der Waals surface area contributed by atoms with Crippen molar-refractivity contribution in [2.75, 3.05) is 13.1 Å². The lowest BCUT2D eigenvalue weighted by Gasteiger charge is -2.00. The highest BCUT2D eigenvalue weighted by Crippen LogP contribution is 1.97. The Morgan fingerprint density at radius 1 is 1.62 bits per heavy atom. The van der Waals surface area contributed by atoms with Gasteiger partial charge >= 0.3 is 0 Å². The van der Waals surface area contributed by atoms with Gasteiger partial charge in [-0.05, 0) is 13.0 Å². The van der Waals surface area contributed by atoms with Crippen LogP contribution >= 0.6 is 12.4 Å². The lowest BCUT2D eigenvalue weighted by Crippen LogP contribution is -2.19. The summed E-state index contributed by atoms with van der Waals surface area (Å²) < 4.78 is 0. The molecule has 0 aromatic carbocycles. The molecule has 0 aromatic heterocycles. The standard InChI is InChI=1S/C4H10N2O.ClH/c5-7-4-1-2-6-3-4;/h4,6H,1-3,5H2;1H/t4-;/m1./s1. The Bertz CT molecular complexity index is 56.0. The van der Waals surface area contributed by atoms with Gasteiger partial charge in [0, 0.05) is 6.54 Å². The van der Waals surface area contributed by atoms with Crippen molar-refractivity contribution < 1.29 is 4.84 Å². The molecular weight excluding hydrogens is 128 g/mol. The number of halogens is 1. The zero-order valence-electron chi connectivity index (χ0n) is 4.59. The molecule has 50 valence electrons. The second-order valence-corrected chi connectivity index (χ2v) is 1.75. The van der Waals surface area contributed by atoms with Crippen LogP contribution in [0.3, 0.4) is 0 Å². The van der Waals surface area contributed by atoms with E-state index < -0.39 is 0 Å². The molecule has 0 amide bonds. The van der Waals surface area contributed by atoms with Gasteiger partial charge in [-0.3, -0.25) is 4.84 Å². The van der Waals surface area contributed by atoms with Crippen LogP contribution in [-0.4, -0.2) is 19.2 Å².